The summed E-state index contributed by atoms with van der Waals surface area (Å²) in [5.74, 6) is 1.49. The van der Waals surface area contributed by atoms with E-state index in [1.54, 1.807) is 4.90 Å². The molecule has 0 saturated carbocycles. The molecule has 0 aromatic heterocycles. The summed E-state index contributed by atoms with van der Waals surface area (Å²) in [7, 11) is 0. The van der Waals surface area contributed by atoms with Crippen LogP contribution < -0.4 is 14.4 Å². The lowest BCUT2D eigenvalue weighted by molar-refractivity contribution is -0.113. The first-order chi connectivity index (χ1) is 16.2. The molecular weight excluding hydrogens is 450 g/mol. The van der Waals surface area contributed by atoms with E-state index in [1.807, 2.05) is 91.0 Å². The molecule has 1 aliphatic rings. The van der Waals surface area contributed by atoms with Crippen LogP contribution in [0.25, 0.3) is 6.08 Å². The Kier molecular flexibility index (Phi) is 7.60. The van der Waals surface area contributed by atoms with Crippen LogP contribution in [0.2, 0.25) is 0 Å². The number of anilines is 1. The highest BCUT2D eigenvalue weighted by Crippen LogP contribution is 2.36. The van der Waals surface area contributed by atoms with Crippen LogP contribution in [0.3, 0.4) is 0 Å². The van der Waals surface area contributed by atoms with Crippen LogP contribution in [0, 0.1) is 0 Å². The molecule has 1 saturated heterocycles. The molecule has 4 nitrogen and oxygen atoms in total. The van der Waals surface area contributed by atoms with Gasteiger partial charge in [-0.2, -0.15) is 0 Å². The summed E-state index contributed by atoms with van der Waals surface area (Å²) >= 11 is 6.73. The minimum absolute atomic E-state index is 0.106. The number of hydrogen-bond donors (Lipinski definition) is 0. The van der Waals surface area contributed by atoms with E-state index in [0.717, 1.165) is 34.7 Å². The van der Waals surface area contributed by atoms with Crippen molar-refractivity contribution in [2.24, 2.45) is 0 Å². The number of carbonyl (C=O) groups excluding carboxylic acids is 1. The second kappa shape index (κ2) is 11.0. The molecule has 3 aromatic carbocycles. The fourth-order valence-corrected chi connectivity index (χ4v) is 4.66. The Balaban J connectivity index is 1.32. The molecule has 1 fully saturated rings. The van der Waals surface area contributed by atoms with Gasteiger partial charge in [0.2, 0.25) is 0 Å². The lowest BCUT2D eigenvalue weighted by Crippen LogP contribution is -2.27. The average Bonchev–Trinajstić information content (AvgIpc) is 3.12. The molecule has 1 heterocycles. The fraction of sp³-hybridized carbons (Fsp3) is 0.111. The summed E-state index contributed by atoms with van der Waals surface area (Å²) < 4.78 is 12.2. The summed E-state index contributed by atoms with van der Waals surface area (Å²) in [6.45, 7) is 4.66. The Labute approximate surface area is 203 Å². The Hall–Kier alpha value is -3.35. The molecule has 0 atom stereocenters. The number of nitrogens with zero attached hydrogens (tertiary/aromatic N) is 1. The predicted octanol–water partition coefficient (Wildman–Crippen LogP) is 6.28. The Morgan fingerprint density at radius 1 is 0.909 bits per heavy atom. The zero-order valence-corrected chi connectivity index (χ0v) is 19.6. The van der Waals surface area contributed by atoms with Crippen LogP contribution in [0.5, 0.6) is 11.5 Å². The molecule has 0 bridgehead atoms. The van der Waals surface area contributed by atoms with Gasteiger partial charge < -0.3 is 9.47 Å². The van der Waals surface area contributed by atoms with Crippen LogP contribution in [0.1, 0.15) is 11.1 Å². The highest BCUT2D eigenvalue weighted by Gasteiger charge is 2.33. The summed E-state index contributed by atoms with van der Waals surface area (Å²) in [5, 5.41) is 0. The molecule has 6 heteroatoms. The molecule has 1 aliphatic heterocycles. The molecule has 166 valence electrons. The topological polar surface area (TPSA) is 38.8 Å². The van der Waals surface area contributed by atoms with Crippen molar-refractivity contribution in [2.45, 2.75) is 6.42 Å². The maximum Gasteiger partial charge on any atom is 0.270 e. The summed E-state index contributed by atoms with van der Waals surface area (Å²) in [6, 6.07) is 25.0. The van der Waals surface area contributed by atoms with Crippen LogP contribution in [0.15, 0.2) is 96.4 Å². The van der Waals surface area contributed by atoms with Gasteiger partial charge in [-0.15, -0.1) is 6.58 Å². The number of amides is 1. The van der Waals surface area contributed by atoms with Gasteiger partial charge in [0.1, 0.15) is 24.7 Å². The first-order valence-corrected chi connectivity index (χ1v) is 11.8. The van der Waals surface area contributed by atoms with Gasteiger partial charge in [-0.1, -0.05) is 78.6 Å². The van der Waals surface area contributed by atoms with E-state index in [1.165, 1.54) is 11.8 Å². The fourth-order valence-electron chi connectivity index (χ4n) is 3.36. The number of carbonyl (C=O) groups is 1. The third-order valence-electron chi connectivity index (χ3n) is 4.93. The van der Waals surface area contributed by atoms with Gasteiger partial charge in [0, 0.05) is 0 Å². The van der Waals surface area contributed by atoms with Gasteiger partial charge in [-0.05, 0) is 54.0 Å². The van der Waals surface area contributed by atoms with Gasteiger partial charge in [0.25, 0.3) is 5.91 Å². The van der Waals surface area contributed by atoms with Crippen LogP contribution in [-0.4, -0.2) is 23.4 Å². The van der Waals surface area contributed by atoms with Crippen molar-refractivity contribution < 1.29 is 14.3 Å². The highest BCUT2D eigenvalue weighted by molar-refractivity contribution is 8.27. The largest absolute Gasteiger partial charge is 0.490 e. The van der Waals surface area contributed by atoms with Crippen LogP contribution in [0.4, 0.5) is 5.69 Å². The lowest BCUT2D eigenvalue weighted by atomic mass is 10.1. The van der Waals surface area contributed by atoms with Gasteiger partial charge in [0.15, 0.2) is 4.32 Å². The summed E-state index contributed by atoms with van der Waals surface area (Å²) in [5.41, 5.74) is 2.79. The van der Waals surface area contributed by atoms with Crippen molar-refractivity contribution in [3.05, 3.63) is 108 Å². The van der Waals surface area contributed by atoms with Crippen LogP contribution in [-0.2, 0) is 11.2 Å². The molecule has 0 radical (unpaired) electrons. The van der Waals surface area contributed by atoms with E-state index >= 15 is 0 Å². The zero-order chi connectivity index (χ0) is 23.0. The third-order valence-corrected chi connectivity index (χ3v) is 6.23. The van der Waals surface area contributed by atoms with Gasteiger partial charge in [-0.25, -0.2) is 0 Å². The maximum absolute atomic E-state index is 12.8. The molecule has 0 unspecified atom stereocenters. The Morgan fingerprint density at radius 2 is 1.61 bits per heavy atom. The van der Waals surface area contributed by atoms with Gasteiger partial charge in [-0.3, -0.25) is 9.69 Å². The minimum atomic E-state index is -0.106. The molecule has 4 rings (SSSR count). The van der Waals surface area contributed by atoms with Crippen molar-refractivity contribution in [3.63, 3.8) is 0 Å². The average molecular weight is 474 g/mol. The first kappa shape index (κ1) is 22.8. The van der Waals surface area contributed by atoms with Crippen molar-refractivity contribution in [3.8, 4) is 11.5 Å². The zero-order valence-electron chi connectivity index (χ0n) is 18.0. The predicted molar refractivity (Wildman–Crippen MR) is 140 cm³/mol. The molecule has 33 heavy (non-hydrogen) atoms. The maximum atomic E-state index is 12.8. The SMILES string of the molecule is C=CCc1ccccc1OCCOc1ccc(C=C2SC(=S)N(c3ccccc3)C2=O)cc1. The number of para-hydroxylation sites is 2. The lowest BCUT2D eigenvalue weighted by Gasteiger charge is -2.13. The smallest absolute Gasteiger partial charge is 0.270 e. The van der Waals surface area contributed by atoms with E-state index in [-0.39, 0.29) is 5.91 Å². The van der Waals surface area contributed by atoms with Gasteiger partial charge in [0.05, 0.1) is 10.6 Å². The second-order valence-corrected chi connectivity index (χ2v) is 8.89. The van der Waals surface area contributed by atoms with E-state index in [0.29, 0.717) is 22.4 Å². The van der Waals surface area contributed by atoms with Crippen molar-refractivity contribution in [2.75, 3.05) is 18.1 Å². The molecule has 0 N–H and O–H groups in total. The summed E-state index contributed by atoms with van der Waals surface area (Å²) in [6.07, 6.45) is 4.48. The van der Waals surface area contributed by atoms with Crippen LogP contribution >= 0.6 is 24.0 Å². The highest BCUT2D eigenvalue weighted by atomic mass is 32.2. The van der Waals surface area contributed by atoms with E-state index < -0.39 is 0 Å². The van der Waals surface area contributed by atoms with Crippen molar-refractivity contribution in [1.29, 1.82) is 0 Å². The first-order valence-electron chi connectivity index (χ1n) is 10.5. The van der Waals surface area contributed by atoms with E-state index in [2.05, 4.69) is 6.58 Å². The molecular formula is C27H23NO3S2. The monoisotopic (exact) mass is 473 g/mol. The third kappa shape index (κ3) is 5.72. The molecule has 3 aromatic rings. The molecule has 0 spiro atoms. The normalized spacial score (nSPS) is 14.5. The number of hydrogen-bond acceptors (Lipinski definition) is 5. The molecule has 1 amide bonds. The van der Waals surface area contributed by atoms with E-state index in [4.69, 9.17) is 21.7 Å². The van der Waals surface area contributed by atoms with E-state index in [9.17, 15) is 4.79 Å². The van der Waals surface area contributed by atoms with Gasteiger partial charge >= 0.3 is 0 Å². The Morgan fingerprint density at radius 3 is 2.36 bits per heavy atom. The van der Waals surface area contributed by atoms with Crippen molar-refractivity contribution >= 4 is 46.0 Å². The van der Waals surface area contributed by atoms with Crippen molar-refractivity contribution in [1.82, 2.24) is 0 Å². The summed E-state index contributed by atoms with van der Waals surface area (Å²) in [4.78, 5) is 15.0. The molecule has 0 aliphatic carbocycles. The number of benzene rings is 3. The number of thioether (sulfide) groups is 1. The second-order valence-electron chi connectivity index (χ2n) is 7.22. The standard InChI is InChI=1S/C27H23NO3S2/c1-2-8-21-9-6-7-12-24(21)31-18-17-30-23-15-13-20(14-16-23)19-25-26(29)28(27(32)33-25)22-10-4-3-5-11-22/h2-7,9-16,19H,1,8,17-18H2. The quantitative estimate of drug-likeness (QED) is 0.158. The number of thiocarbonyl (C=S) groups is 1. The number of ether oxygens (including phenoxy) is 2. The number of allylic oxidation sites excluding steroid dienone is 1. The Bertz CT molecular complexity index is 1170. The minimum Gasteiger partial charge on any atom is -0.490 e. The number of rotatable bonds is 9.